The summed E-state index contributed by atoms with van der Waals surface area (Å²) in [4.78, 5) is 0. The fraction of sp³-hybridized carbons (Fsp3) is 0.600. The fourth-order valence-electron chi connectivity index (χ4n) is 2.12. The lowest BCUT2D eigenvalue weighted by molar-refractivity contribution is 0.445. The van der Waals surface area contributed by atoms with E-state index in [1.54, 1.807) is 5.56 Å². The van der Waals surface area contributed by atoms with Gasteiger partial charge in [-0.15, -0.1) is 0 Å². The SMILES string of the molecule is Cc1cc(C)c(C)c(CC(C)(CI)CI)c1C. The number of alkyl halides is 2. The van der Waals surface area contributed by atoms with Gasteiger partial charge in [0.25, 0.3) is 0 Å². The summed E-state index contributed by atoms with van der Waals surface area (Å²) in [7, 11) is 0. The van der Waals surface area contributed by atoms with E-state index < -0.39 is 0 Å². The molecular weight excluding hydrogens is 434 g/mol. The Balaban J connectivity index is 3.22. The third-order valence-corrected chi connectivity index (χ3v) is 7.45. The van der Waals surface area contributed by atoms with E-state index in [2.05, 4.69) is 85.9 Å². The number of benzene rings is 1. The van der Waals surface area contributed by atoms with E-state index in [0.717, 1.165) is 0 Å². The number of rotatable bonds is 4. The zero-order valence-electron chi connectivity index (χ0n) is 11.5. The smallest absolute Gasteiger partial charge is 0.00598 e. The summed E-state index contributed by atoms with van der Waals surface area (Å²) in [6.45, 7) is 11.4. The maximum atomic E-state index is 2.53. The van der Waals surface area contributed by atoms with Crippen LogP contribution in [0.15, 0.2) is 6.07 Å². The first-order chi connectivity index (χ1) is 7.84. The molecule has 1 aromatic carbocycles. The zero-order chi connectivity index (χ0) is 13.2. The molecule has 0 aliphatic rings. The standard InChI is InChI=1S/C15H22I2/c1-10-6-11(2)13(4)14(12(10)3)7-15(5,8-16)9-17/h6H,7-9H2,1-5H3. The summed E-state index contributed by atoms with van der Waals surface area (Å²) in [6.07, 6.45) is 1.21. The molecule has 0 aliphatic heterocycles. The Labute approximate surface area is 133 Å². The van der Waals surface area contributed by atoms with Gasteiger partial charge < -0.3 is 0 Å². The largest absolute Gasteiger partial charge is 0.0857 e. The number of halogens is 2. The molecule has 0 aliphatic carbocycles. The molecule has 0 aromatic heterocycles. The molecule has 0 heterocycles. The van der Waals surface area contributed by atoms with Crippen LogP contribution >= 0.6 is 45.2 Å². The minimum absolute atomic E-state index is 0.427. The Morgan fingerprint density at radius 2 is 1.35 bits per heavy atom. The van der Waals surface area contributed by atoms with Crippen molar-refractivity contribution in [1.29, 1.82) is 0 Å². The Bertz CT molecular complexity index is 378. The number of hydrogen-bond acceptors (Lipinski definition) is 0. The van der Waals surface area contributed by atoms with E-state index in [1.165, 1.54) is 37.5 Å². The van der Waals surface area contributed by atoms with Gasteiger partial charge in [-0.2, -0.15) is 0 Å². The van der Waals surface area contributed by atoms with Crippen molar-refractivity contribution in [3.05, 3.63) is 33.9 Å². The van der Waals surface area contributed by atoms with Gasteiger partial charge in [0, 0.05) is 8.86 Å². The second kappa shape index (κ2) is 6.22. The van der Waals surface area contributed by atoms with Crippen molar-refractivity contribution in [2.45, 2.75) is 41.0 Å². The summed E-state index contributed by atoms with van der Waals surface area (Å²) < 4.78 is 2.44. The van der Waals surface area contributed by atoms with Gasteiger partial charge >= 0.3 is 0 Å². The van der Waals surface area contributed by atoms with Crippen molar-refractivity contribution in [3.8, 4) is 0 Å². The average molecular weight is 456 g/mol. The summed E-state index contributed by atoms with van der Waals surface area (Å²) >= 11 is 5.06. The monoisotopic (exact) mass is 456 g/mol. The molecule has 0 N–H and O–H groups in total. The number of aryl methyl sites for hydroxylation is 2. The average Bonchev–Trinajstić information content (AvgIpc) is 2.32. The van der Waals surface area contributed by atoms with E-state index in [1.807, 2.05) is 0 Å². The van der Waals surface area contributed by atoms with Crippen LogP contribution in [0.2, 0.25) is 0 Å². The molecule has 0 amide bonds. The van der Waals surface area contributed by atoms with E-state index in [4.69, 9.17) is 0 Å². The van der Waals surface area contributed by atoms with Gasteiger partial charge in [0.05, 0.1) is 0 Å². The Morgan fingerprint density at radius 3 is 1.71 bits per heavy atom. The van der Waals surface area contributed by atoms with E-state index in [9.17, 15) is 0 Å². The Morgan fingerprint density at radius 1 is 0.941 bits per heavy atom. The molecule has 0 radical (unpaired) electrons. The maximum absolute atomic E-state index is 2.53. The molecule has 0 fully saturated rings. The first-order valence-electron chi connectivity index (χ1n) is 6.03. The van der Waals surface area contributed by atoms with Crippen LogP contribution in [0.1, 0.15) is 34.7 Å². The van der Waals surface area contributed by atoms with Gasteiger partial charge in [-0.25, -0.2) is 0 Å². The highest BCUT2D eigenvalue weighted by Gasteiger charge is 2.24. The maximum Gasteiger partial charge on any atom is 0.00598 e. The van der Waals surface area contributed by atoms with E-state index in [0.29, 0.717) is 5.41 Å². The highest BCUT2D eigenvalue weighted by atomic mass is 127. The molecule has 0 unspecified atom stereocenters. The fourth-order valence-corrected chi connectivity index (χ4v) is 4.23. The topological polar surface area (TPSA) is 0 Å². The van der Waals surface area contributed by atoms with Crippen molar-refractivity contribution < 1.29 is 0 Å². The molecule has 0 saturated heterocycles. The second-order valence-corrected chi connectivity index (χ2v) is 7.02. The number of hydrogen-bond donors (Lipinski definition) is 0. The molecule has 0 atom stereocenters. The lowest BCUT2D eigenvalue weighted by Crippen LogP contribution is -2.24. The molecule has 2 heteroatoms. The van der Waals surface area contributed by atoms with E-state index >= 15 is 0 Å². The van der Waals surface area contributed by atoms with Crippen molar-refractivity contribution >= 4 is 45.2 Å². The van der Waals surface area contributed by atoms with Crippen molar-refractivity contribution in [2.75, 3.05) is 8.86 Å². The van der Waals surface area contributed by atoms with Gasteiger partial charge in [0.1, 0.15) is 0 Å². The predicted octanol–water partition coefficient (Wildman–Crippen LogP) is 5.34. The minimum Gasteiger partial charge on any atom is -0.0857 e. The van der Waals surface area contributed by atoms with Crippen LogP contribution in [0.25, 0.3) is 0 Å². The first kappa shape index (κ1) is 15.7. The van der Waals surface area contributed by atoms with Crippen LogP contribution in [-0.2, 0) is 6.42 Å². The Kier molecular flexibility index (Phi) is 5.76. The predicted molar refractivity (Wildman–Crippen MR) is 95.0 cm³/mol. The molecule has 96 valence electrons. The quantitative estimate of drug-likeness (QED) is 0.424. The Hall–Kier alpha value is 0.680. The van der Waals surface area contributed by atoms with Crippen LogP contribution in [0.3, 0.4) is 0 Å². The molecular formula is C15H22I2. The van der Waals surface area contributed by atoms with Crippen molar-refractivity contribution in [2.24, 2.45) is 5.41 Å². The molecule has 17 heavy (non-hydrogen) atoms. The van der Waals surface area contributed by atoms with Gasteiger partial charge in [-0.05, 0) is 67.3 Å². The zero-order valence-corrected chi connectivity index (χ0v) is 15.8. The third-order valence-electron chi connectivity index (χ3n) is 3.77. The van der Waals surface area contributed by atoms with Crippen LogP contribution in [0.4, 0.5) is 0 Å². The minimum atomic E-state index is 0.427. The van der Waals surface area contributed by atoms with Crippen LogP contribution in [0.5, 0.6) is 0 Å². The van der Waals surface area contributed by atoms with Crippen molar-refractivity contribution in [1.82, 2.24) is 0 Å². The molecule has 1 rings (SSSR count). The summed E-state index contributed by atoms with van der Waals surface area (Å²) in [5.41, 5.74) is 7.87. The lowest BCUT2D eigenvalue weighted by Gasteiger charge is -2.28. The molecule has 0 spiro atoms. The van der Waals surface area contributed by atoms with Crippen LogP contribution < -0.4 is 0 Å². The molecule has 1 aromatic rings. The highest BCUT2D eigenvalue weighted by molar-refractivity contribution is 14.1. The van der Waals surface area contributed by atoms with E-state index in [-0.39, 0.29) is 0 Å². The molecule has 0 nitrogen and oxygen atoms in total. The van der Waals surface area contributed by atoms with Gasteiger partial charge in [0.2, 0.25) is 0 Å². The lowest BCUT2D eigenvalue weighted by atomic mass is 9.82. The van der Waals surface area contributed by atoms with Gasteiger partial charge in [0.15, 0.2) is 0 Å². The summed E-state index contributed by atoms with van der Waals surface area (Å²) in [5, 5.41) is 0. The third kappa shape index (κ3) is 3.58. The van der Waals surface area contributed by atoms with Crippen LogP contribution in [-0.4, -0.2) is 8.86 Å². The summed E-state index contributed by atoms with van der Waals surface area (Å²) in [6, 6.07) is 2.32. The highest BCUT2D eigenvalue weighted by Crippen LogP contribution is 2.32. The normalized spacial score (nSPS) is 11.9. The second-order valence-electron chi connectivity index (χ2n) is 5.49. The summed E-state index contributed by atoms with van der Waals surface area (Å²) in [5.74, 6) is 0. The van der Waals surface area contributed by atoms with Crippen molar-refractivity contribution in [3.63, 3.8) is 0 Å². The first-order valence-corrected chi connectivity index (χ1v) is 9.08. The molecule has 0 saturated carbocycles. The van der Waals surface area contributed by atoms with Crippen LogP contribution in [0, 0.1) is 33.1 Å². The van der Waals surface area contributed by atoms with Gasteiger partial charge in [-0.1, -0.05) is 58.2 Å². The van der Waals surface area contributed by atoms with Gasteiger partial charge in [-0.3, -0.25) is 0 Å². The molecule has 0 bridgehead atoms.